The molecule has 0 unspecified atom stereocenters. The van der Waals surface area contributed by atoms with Gasteiger partial charge in [0, 0.05) is 26.1 Å². The number of methoxy groups -OCH3 is 1. The molecule has 0 aliphatic heterocycles. The van der Waals surface area contributed by atoms with Gasteiger partial charge < -0.3 is 15.4 Å². The number of benzene rings is 1. The predicted molar refractivity (Wildman–Crippen MR) is 110 cm³/mol. The second-order valence-corrected chi connectivity index (χ2v) is 9.16. The molecule has 1 aromatic rings. The number of ether oxygens (including phenoxy) is 1. The van der Waals surface area contributed by atoms with Gasteiger partial charge in [-0.15, -0.1) is 0 Å². The molecule has 0 bridgehead atoms. The predicted octanol–water partition coefficient (Wildman–Crippen LogP) is 1.04. The van der Waals surface area contributed by atoms with Crippen LogP contribution in [-0.4, -0.2) is 53.1 Å². The van der Waals surface area contributed by atoms with E-state index >= 15 is 0 Å². The van der Waals surface area contributed by atoms with Gasteiger partial charge in [-0.2, -0.15) is 0 Å². The van der Waals surface area contributed by atoms with Crippen molar-refractivity contribution in [1.82, 2.24) is 15.4 Å². The zero-order valence-corrected chi connectivity index (χ0v) is 17.8. The van der Waals surface area contributed by atoms with E-state index in [4.69, 9.17) is 4.74 Å². The Morgan fingerprint density at radius 3 is 2.41 bits per heavy atom. The summed E-state index contributed by atoms with van der Waals surface area (Å²) in [5.41, 5.74) is 0. The quantitative estimate of drug-likeness (QED) is 0.485. The first-order valence-electron chi connectivity index (χ1n) is 9.95. The highest BCUT2D eigenvalue weighted by Crippen LogP contribution is 2.29. The topological polar surface area (TPSA) is 114 Å². The molecule has 162 valence electrons. The lowest BCUT2D eigenvalue weighted by Crippen LogP contribution is -2.47. The molecule has 1 saturated carbocycles. The van der Waals surface area contributed by atoms with Gasteiger partial charge in [0.15, 0.2) is 0 Å². The highest BCUT2D eigenvalue weighted by molar-refractivity contribution is 7.89. The largest absolute Gasteiger partial charge is 0.383 e. The molecule has 3 N–H and O–H groups in total. The first-order valence-corrected chi connectivity index (χ1v) is 11.4. The van der Waals surface area contributed by atoms with Crippen LogP contribution >= 0.6 is 0 Å². The first-order chi connectivity index (χ1) is 13.8. The van der Waals surface area contributed by atoms with E-state index in [9.17, 15) is 18.0 Å². The molecular formula is C20H31N3O5S. The molecule has 0 heterocycles. The van der Waals surface area contributed by atoms with Gasteiger partial charge in [-0.3, -0.25) is 9.59 Å². The Labute approximate surface area is 172 Å². The maximum absolute atomic E-state index is 12.4. The lowest BCUT2D eigenvalue weighted by atomic mass is 9.81. The molecule has 2 amide bonds. The fourth-order valence-corrected chi connectivity index (χ4v) is 4.50. The van der Waals surface area contributed by atoms with Crippen LogP contribution in [0.4, 0.5) is 0 Å². The molecule has 1 atom stereocenters. The van der Waals surface area contributed by atoms with Gasteiger partial charge in [-0.05, 0) is 50.7 Å². The lowest BCUT2D eigenvalue weighted by Gasteiger charge is -2.28. The van der Waals surface area contributed by atoms with Crippen molar-refractivity contribution < 1.29 is 22.7 Å². The molecule has 0 spiro atoms. The van der Waals surface area contributed by atoms with Crippen molar-refractivity contribution >= 4 is 21.8 Å². The monoisotopic (exact) mass is 425 g/mol. The summed E-state index contributed by atoms with van der Waals surface area (Å²) in [5.74, 6) is -0.305. The molecule has 8 nitrogen and oxygen atoms in total. The summed E-state index contributed by atoms with van der Waals surface area (Å²) >= 11 is 0. The van der Waals surface area contributed by atoms with Crippen molar-refractivity contribution in [2.75, 3.05) is 26.8 Å². The zero-order valence-electron chi connectivity index (χ0n) is 17.0. The van der Waals surface area contributed by atoms with Gasteiger partial charge in [0.2, 0.25) is 21.8 Å². The minimum atomic E-state index is -3.51. The van der Waals surface area contributed by atoms with Gasteiger partial charge in [0.25, 0.3) is 0 Å². The van der Waals surface area contributed by atoms with Crippen LogP contribution < -0.4 is 15.4 Å². The van der Waals surface area contributed by atoms with Crippen LogP contribution in [0, 0.1) is 11.8 Å². The van der Waals surface area contributed by atoms with E-state index in [-0.39, 0.29) is 28.5 Å². The van der Waals surface area contributed by atoms with E-state index in [0.29, 0.717) is 32.5 Å². The van der Waals surface area contributed by atoms with Crippen LogP contribution in [0.15, 0.2) is 35.2 Å². The number of sulfonamides is 1. The van der Waals surface area contributed by atoms with Crippen LogP contribution in [-0.2, 0) is 24.3 Å². The summed E-state index contributed by atoms with van der Waals surface area (Å²) in [7, 11) is -1.95. The van der Waals surface area contributed by atoms with Crippen molar-refractivity contribution in [2.24, 2.45) is 11.8 Å². The molecule has 0 aromatic heterocycles. The summed E-state index contributed by atoms with van der Waals surface area (Å²) in [5, 5.41) is 5.46. The Morgan fingerprint density at radius 1 is 1.14 bits per heavy atom. The summed E-state index contributed by atoms with van der Waals surface area (Å²) < 4.78 is 32.2. The lowest BCUT2D eigenvalue weighted by molar-refractivity contribution is -0.131. The van der Waals surface area contributed by atoms with Crippen molar-refractivity contribution in [3.8, 4) is 0 Å². The third-order valence-corrected chi connectivity index (χ3v) is 6.63. The van der Waals surface area contributed by atoms with Gasteiger partial charge in [0.1, 0.15) is 6.04 Å². The third-order valence-electron chi connectivity index (χ3n) is 5.19. The highest BCUT2D eigenvalue weighted by Gasteiger charge is 2.28. The summed E-state index contributed by atoms with van der Waals surface area (Å²) in [6, 6.07) is 7.69. The van der Waals surface area contributed by atoms with E-state index in [1.807, 2.05) is 0 Å². The summed E-state index contributed by atoms with van der Waals surface area (Å²) in [4.78, 5) is 24.6. The number of nitrogens with one attached hydrogen (secondary N) is 3. The van der Waals surface area contributed by atoms with E-state index < -0.39 is 16.1 Å². The third kappa shape index (κ3) is 7.41. The molecule has 29 heavy (non-hydrogen) atoms. The SMILES string of the molecule is COCCNC(=O)[C@H](C)NC(=O)C1CCC(CNS(=O)(=O)c2ccccc2)CC1. The molecule has 1 aliphatic carbocycles. The first kappa shape index (κ1) is 23.3. The average Bonchev–Trinajstić information content (AvgIpc) is 2.73. The van der Waals surface area contributed by atoms with Crippen LogP contribution in [0.3, 0.4) is 0 Å². The molecule has 0 saturated heterocycles. The highest BCUT2D eigenvalue weighted by atomic mass is 32.2. The van der Waals surface area contributed by atoms with Gasteiger partial charge in [-0.25, -0.2) is 13.1 Å². The molecular weight excluding hydrogens is 394 g/mol. The normalized spacial score (nSPS) is 20.6. The Morgan fingerprint density at radius 2 is 1.79 bits per heavy atom. The van der Waals surface area contributed by atoms with Crippen LogP contribution in [0.1, 0.15) is 32.6 Å². The Bertz CT molecular complexity index is 762. The fraction of sp³-hybridized carbons (Fsp3) is 0.600. The van der Waals surface area contributed by atoms with Crippen molar-refractivity contribution in [1.29, 1.82) is 0 Å². The van der Waals surface area contributed by atoms with Gasteiger partial charge in [-0.1, -0.05) is 18.2 Å². The number of carbonyl (C=O) groups excluding carboxylic acids is 2. The van der Waals surface area contributed by atoms with E-state index in [1.54, 1.807) is 44.4 Å². The minimum Gasteiger partial charge on any atom is -0.383 e. The smallest absolute Gasteiger partial charge is 0.242 e. The van der Waals surface area contributed by atoms with E-state index in [0.717, 1.165) is 12.8 Å². The van der Waals surface area contributed by atoms with Gasteiger partial charge in [0.05, 0.1) is 11.5 Å². The Kier molecular flexibility index (Phi) is 9.06. The number of amides is 2. The number of carbonyl (C=O) groups is 2. The van der Waals surface area contributed by atoms with Crippen molar-refractivity contribution in [3.63, 3.8) is 0 Å². The second-order valence-electron chi connectivity index (χ2n) is 7.40. The minimum absolute atomic E-state index is 0.122. The maximum Gasteiger partial charge on any atom is 0.242 e. The standard InChI is InChI=1S/C20H31N3O5S/c1-15(19(24)21-12-13-28-2)23-20(25)17-10-8-16(9-11-17)14-22-29(26,27)18-6-4-3-5-7-18/h3-7,15-17,22H,8-14H2,1-2H3,(H,21,24)(H,23,25)/t15-,16?,17?/m0/s1. The number of rotatable bonds is 10. The van der Waals surface area contributed by atoms with Crippen LogP contribution in [0.5, 0.6) is 0 Å². The number of hydrogen-bond acceptors (Lipinski definition) is 5. The molecule has 1 aromatic carbocycles. The van der Waals surface area contributed by atoms with E-state index in [2.05, 4.69) is 15.4 Å². The molecule has 1 fully saturated rings. The molecule has 2 rings (SSSR count). The van der Waals surface area contributed by atoms with Crippen molar-refractivity contribution in [2.45, 2.75) is 43.5 Å². The van der Waals surface area contributed by atoms with Crippen molar-refractivity contribution in [3.05, 3.63) is 30.3 Å². The van der Waals surface area contributed by atoms with Gasteiger partial charge >= 0.3 is 0 Å². The maximum atomic E-state index is 12.4. The Hall–Kier alpha value is -1.97. The van der Waals surface area contributed by atoms with E-state index in [1.165, 1.54) is 0 Å². The molecule has 0 radical (unpaired) electrons. The summed E-state index contributed by atoms with van der Waals surface area (Å²) in [6.07, 6.45) is 2.90. The zero-order chi connectivity index (χ0) is 21.3. The second kappa shape index (κ2) is 11.3. The fourth-order valence-electron chi connectivity index (χ4n) is 3.37. The molecule has 1 aliphatic rings. The Balaban J connectivity index is 1.73. The number of hydrogen-bond donors (Lipinski definition) is 3. The summed E-state index contributed by atoms with van der Waals surface area (Å²) in [6.45, 7) is 2.85. The molecule has 9 heteroatoms. The average molecular weight is 426 g/mol. The van der Waals surface area contributed by atoms with Crippen LogP contribution in [0.25, 0.3) is 0 Å². The van der Waals surface area contributed by atoms with Crippen LogP contribution in [0.2, 0.25) is 0 Å².